The minimum Gasteiger partial charge on any atom is -0.244 e. The number of hydrogen-bond acceptors (Lipinski definition) is 2. The van der Waals surface area contributed by atoms with Crippen molar-refractivity contribution in [3.63, 3.8) is 0 Å². The molecule has 0 amide bonds. The zero-order valence-electron chi connectivity index (χ0n) is 11.8. The lowest BCUT2D eigenvalue weighted by Crippen LogP contribution is -2.05. The van der Waals surface area contributed by atoms with E-state index in [9.17, 15) is 13.2 Å². The lowest BCUT2D eigenvalue weighted by atomic mass is 10.1. The van der Waals surface area contributed by atoms with Gasteiger partial charge in [-0.2, -0.15) is 13.2 Å². The van der Waals surface area contributed by atoms with Crippen LogP contribution in [0.25, 0.3) is 11.1 Å². The van der Waals surface area contributed by atoms with Crippen LogP contribution in [0.3, 0.4) is 0 Å². The van der Waals surface area contributed by atoms with Crippen molar-refractivity contribution in [1.29, 1.82) is 0 Å². The molecule has 0 bridgehead atoms. The van der Waals surface area contributed by atoms with Gasteiger partial charge in [0.2, 0.25) is 0 Å². The van der Waals surface area contributed by atoms with Gasteiger partial charge in [0.25, 0.3) is 0 Å². The number of aromatic nitrogens is 2. The van der Waals surface area contributed by atoms with Crippen LogP contribution < -0.4 is 0 Å². The van der Waals surface area contributed by atoms with Crippen LogP contribution in [0.4, 0.5) is 13.2 Å². The van der Waals surface area contributed by atoms with E-state index in [2.05, 4.69) is 28.2 Å². The first-order chi connectivity index (χ1) is 11.0. The molecule has 0 saturated heterocycles. The maximum Gasteiger partial charge on any atom is 0.419 e. The van der Waals surface area contributed by atoms with Crippen LogP contribution in [-0.2, 0) is 6.18 Å². The Morgan fingerprint density at radius 3 is 1.91 bits per heavy atom. The van der Waals surface area contributed by atoms with Crippen LogP contribution in [0.1, 0.15) is 5.56 Å². The van der Waals surface area contributed by atoms with Crippen LogP contribution in [-0.4, -0.2) is 9.97 Å². The van der Waals surface area contributed by atoms with Crippen molar-refractivity contribution in [2.24, 2.45) is 0 Å². The summed E-state index contributed by atoms with van der Waals surface area (Å²) in [6.07, 6.45) is -1.82. The maximum absolute atomic E-state index is 11.7. The molecule has 2 nitrogen and oxygen atoms in total. The van der Waals surface area contributed by atoms with Crippen LogP contribution in [0.2, 0.25) is 5.02 Å². The Hall–Kier alpha value is -2.40. The predicted octanol–water partition coefficient (Wildman–Crippen LogP) is 5.50. The van der Waals surface area contributed by atoms with Crippen molar-refractivity contribution in [3.05, 3.63) is 83.9 Å². The van der Waals surface area contributed by atoms with E-state index in [-0.39, 0.29) is 0 Å². The monoisotopic (exact) mass is 336 g/mol. The van der Waals surface area contributed by atoms with Crippen molar-refractivity contribution in [2.75, 3.05) is 0 Å². The summed E-state index contributed by atoms with van der Waals surface area (Å²) in [6, 6.07) is 18.1. The van der Waals surface area contributed by atoms with Crippen molar-refractivity contribution in [3.8, 4) is 11.1 Å². The average Bonchev–Trinajstić information content (AvgIpc) is 2.56. The molecule has 0 fully saturated rings. The van der Waals surface area contributed by atoms with E-state index >= 15 is 0 Å². The summed E-state index contributed by atoms with van der Waals surface area (Å²) in [5.41, 5.74) is 1.54. The van der Waals surface area contributed by atoms with E-state index in [1.165, 1.54) is 5.56 Å². The maximum atomic E-state index is 11.7. The molecule has 0 aliphatic carbocycles. The SMILES string of the molecule is Clc1cccc(-c2ccccc2)c1.FC(F)(F)c1cncnc1. The third kappa shape index (κ3) is 5.38. The third-order valence-corrected chi connectivity index (χ3v) is 3.05. The summed E-state index contributed by atoms with van der Waals surface area (Å²) >= 11 is 5.89. The second-order valence-corrected chi connectivity index (χ2v) is 4.94. The molecule has 118 valence electrons. The fourth-order valence-electron chi connectivity index (χ4n) is 1.74. The van der Waals surface area contributed by atoms with Gasteiger partial charge in [-0.3, -0.25) is 0 Å². The van der Waals surface area contributed by atoms with Gasteiger partial charge in [-0.25, -0.2) is 9.97 Å². The first-order valence-electron chi connectivity index (χ1n) is 6.60. The zero-order chi connectivity index (χ0) is 16.7. The van der Waals surface area contributed by atoms with E-state index in [0.717, 1.165) is 29.3 Å². The average molecular weight is 337 g/mol. The van der Waals surface area contributed by atoms with Crippen LogP contribution in [0, 0.1) is 0 Å². The second kappa shape index (κ2) is 7.74. The molecule has 6 heteroatoms. The standard InChI is InChI=1S/C12H9Cl.C5H3F3N2/c13-12-8-4-7-11(9-12)10-5-2-1-3-6-10;6-5(7,8)4-1-9-3-10-2-4/h1-9H;1-3H. The van der Waals surface area contributed by atoms with Gasteiger partial charge < -0.3 is 0 Å². The molecule has 0 saturated carbocycles. The van der Waals surface area contributed by atoms with Gasteiger partial charge in [0, 0.05) is 17.4 Å². The van der Waals surface area contributed by atoms with Gasteiger partial charge in [0.1, 0.15) is 6.33 Å². The Kier molecular flexibility index (Phi) is 5.71. The van der Waals surface area contributed by atoms with Gasteiger partial charge in [-0.1, -0.05) is 54.1 Å². The topological polar surface area (TPSA) is 25.8 Å². The Morgan fingerprint density at radius 1 is 0.783 bits per heavy atom. The highest BCUT2D eigenvalue weighted by Crippen LogP contribution is 2.27. The molecule has 0 aliphatic heterocycles. The van der Waals surface area contributed by atoms with Gasteiger partial charge in [-0.05, 0) is 23.3 Å². The van der Waals surface area contributed by atoms with E-state index in [1.54, 1.807) is 0 Å². The van der Waals surface area contributed by atoms with Crippen LogP contribution >= 0.6 is 11.6 Å². The normalized spacial score (nSPS) is 10.6. The Labute approximate surface area is 136 Å². The van der Waals surface area contributed by atoms with Gasteiger partial charge in [0.15, 0.2) is 0 Å². The van der Waals surface area contributed by atoms with E-state index in [0.29, 0.717) is 0 Å². The van der Waals surface area contributed by atoms with Crippen LogP contribution in [0.5, 0.6) is 0 Å². The summed E-state index contributed by atoms with van der Waals surface area (Å²) in [5.74, 6) is 0. The largest absolute Gasteiger partial charge is 0.419 e. The molecule has 0 atom stereocenters. The molecule has 0 N–H and O–H groups in total. The Balaban J connectivity index is 0.000000174. The zero-order valence-corrected chi connectivity index (χ0v) is 12.6. The molecule has 0 unspecified atom stereocenters. The summed E-state index contributed by atoms with van der Waals surface area (Å²) in [4.78, 5) is 6.44. The van der Waals surface area contributed by atoms with Gasteiger partial charge in [-0.15, -0.1) is 0 Å². The molecule has 3 rings (SSSR count). The smallest absolute Gasteiger partial charge is 0.244 e. The predicted molar refractivity (Wildman–Crippen MR) is 83.9 cm³/mol. The van der Waals surface area contributed by atoms with E-state index in [4.69, 9.17) is 11.6 Å². The number of hydrogen-bond donors (Lipinski definition) is 0. The van der Waals surface area contributed by atoms with Crippen LogP contribution in [0.15, 0.2) is 73.3 Å². The molecular weight excluding hydrogens is 325 g/mol. The fourth-order valence-corrected chi connectivity index (χ4v) is 1.93. The molecule has 3 aromatic rings. The lowest BCUT2D eigenvalue weighted by molar-refractivity contribution is -0.138. The Bertz CT molecular complexity index is 732. The molecule has 0 radical (unpaired) electrons. The highest BCUT2D eigenvalue weighted by molar-refractivity contribution is 6.30. The van der Waals surface area contributed by atoms with Gasteiger partial charge >= 0.3 is 6.18 Å². The summed E-state index contributed by atoms with van der Waals surface area (Å²) in [7, 11) is 0. The minimum absolute atomic E-state index is 0.729. The molecule has 0 spiro atoms. The lowest BCUT2D eigenvalue weighted by Gasteiger charge is -2.02. The number of nitrogens with zero attached hydrogens (tertiary/aromatic N) is 2. The highest BCUT2D eigenvalue weighted by Gasteiger charge is 2.30. The van der Waals surface area contributed by atoms with Crippen molar-refractivity contribution >= 4 is 11.6 Å². The van der Waals surface area contributed by atoms with E-state index in [1.807, 2.05) is 36.4 Å². The number of rotatable bonds is 1. The molecule has 2 aromatic carbocycles. The molecule has 0 aliphatic rings. The molecule has 1 aromatic heterocycles. The van der Waals surface area contributed by atoms with Crippen molar-refractivity contribution in [1.82, 2.24) is 9.97 Å². The highest BCUT2D eigenvalue weighted by atomic mass is 35.5. The molecular formula is C17H12ClF3N2. The number of benzene rings is 2. The summed E-state index contributed by atoms with van der Waals surface area (Å²) in [5, 5.41) is 0.779. The number of alkyl halides is 3. The minimum atomic E-state index is -4.33. The summed E-state index contributed by atoms with van der Waals surface area (Å²) < 4.78 is 35.1. The fraction of sp³-hybridized carbons (Fsp3) is 0.0588. The van der Waals surface area contributed by atoms with E-state index < -0.39 is 11.7 Å². The molecule has 23 heavy (non-hydrogen) atoms. The van der Waals surface area contributed by atoms with Crippen molar-refractivity contribution in [2.45, 2.75) is 6.18 Å². The van der Waals surface area contributed by atoms with Gasteiger partial charge in [0.05, 0.1) is 5.56 Å². The Morgan fingerprint density at radius 2 is 1.39 bits per heavy atom. The number of halogens is 4. The first kappa shape index (κ1) is 17.0. The summed E-state index contributed by atoms with van der Waals surface area (Å²) in [6.45, 7) is 0. The molecule has 1 heterocycles. The van der Waals surface area contributed by atoms with Crippen molar-refractivity contribution < 1.29 is 13.2 Å². The third-order valence-electron chi connectivity index (χ3n) is 2.82. The second-order valence-electron chi connectivity index (χ2n) is 4.50. The first-order valence-corrected chi connectivity index (χ1v) is 6.98. The quantitative estimate of drug-likeness (QED) is 0.586.